The van der Waals surface area contributed by atoms with Crippen molar-refractivity contribution in [1.82, 2.24) is 4.90 Å². The topological polar surface area (TPSA) is 27.0 Å². The summed E-state index contributed by atoms with van der Waals surface area (Å²) in [6, 6.07) is 19.6. The molecule has 0 N–H and O–H groups in total. The Balaban J connectivity index is 1.74. The Kier molecular flexibility index (Phi) is 4.03. The summed E-state index contributed by atoms with van der Waals surface area (Å²) < 4.78 is 0. The highest BCUT2D eigenvalue weighted by Gasteiger charge is 2.25. The number of likely N-dealkylation sites (tertiary alicyclic amines) is 1. The van der Waals surface area contributed by atoms with E-state index in [0.29, 0.717) is 6.04 Å². The van der Waals surface area contributed by atoms with Crippen LogP contribution in [-0.4, -0.2) is 11.4 Å². The predicted octanol–water partition coefficient (Wildman–Crippen LogP) is 4.20. The summed E-state index contributed by atoms with van der Waals surface area (Å²) in [6.45, 7) is 4.25. The Morgan fingerprint density at radius 2 is 1.81 bits per heavy atom. The number of nitriles is 1. The predicted molar refractivity (Wildman–Crippen MR) is 84.7 cm³/mol. The molecule has 2 aromatic carbocycles. The van der Waals surface area contributed by atoms with Gasteiger partial charge < -0.3 is 0 Å². The Morgan fingerprint density at radius 3 is 2.48 bits per heavy atom. The maximum Gasteiger partial charge on any atom is 0.0991 e. The standard InChI is InChI=1S/C19H20N2/c1-15-4-10-18(11-5-15)19-3-2-12-21(19)14-17-8-6-16(13-20)7-9-17/h4-11,19H,2-3,12,14H2,1H3. The molecular weight excluding hydrogens is 256 g/mol. The van der Waals surface area contributed by atoms with Gasteiger partial charge in [-0.2, -0.15) is 5.26 Å². The second-order valence-corrected chi connectivity index (χ2v) is 5.85. The van der Waals surface area contributed by atoms with Gasteiger partial charge in [0.15, 0.2) is 0 Å². The van der Waals surface area contributed by atoms with Gasteiger partial charge in [0.05, 0.1) is 11.6 Å². The van der Waals surface area contributed by atoms with E-state index in [9.17, 15) is 0 Å². The van der Waals surface area contributed by atoms with E-state index in [-0.39, 0.29) is 0 Å². The minimum absolute atomic E-state index is 0.529. The molecule has 1 atom stereocenters. The van der Waals surface area contributed by atoms with Crippen molar-refractivity contribution >= 4 is 0 Å². The van der Waals surface area contributed by atoms with Crippen LogP contribution in [0.2, 0.25) is 0 Å². The van der Waals surface area contributed by atoms with Gasteiger partial charge in [-0.25, -0.2) is 0 Å². The van der Waals surface area contributed by atoms with Crippen LogP contribution >= 0.6 is 0 Å². The Labute approximate surface area is 126 Å². The van der Waals surface area contributed by atoms with E-state index in [1.807, 2.05) is 12.1 Å². The van der Waals surface area contributed by atoms with Crippen LogP contribution in [-0.2, 0) is 6.54 Å². The lowest BCUT2D eigenvalue weighted by Crippen LogP contribution is -2.22. The van der Waals surface area contributed by atoms with Crippen LogP contribution < -0.4 is 0 Å². The molecule has 2 nitrogen and oxygen atoms in total. The van der Waals surface area contributed by atoms with Gasteiger partial charge in [-0.15, -0.1) is 0 Å². The van der Waals surface area contributed by atoms with Crippen LogP contribution in [0.3, 0.4) is 0 Å². The molecule has 0 aromatic heterocycles. The molecule has 0 spiro atoms. The first kappa shape index (κ1) is 13.9. The van der Waals surface area contributed by atoms with E-state index < -0.39 is 0 Å². The number of hydrogen-bond donors (Lipinski definition) is 0. The summed E-state index contributed by atoms with van der Waals surface area (Å²) in [5.41, 5.74) is 4.76. The third-order valence-corrected chi connectivity index (χ3v) is 4.29. The molecule has 21 heavy (non-hydrogen) atoms. The second kappa shape index (κ2) is 6.11. The SMILES string of the molecule is Cc1ccc(C2CCCN2Cc2ccc(C#N)cc2)cc1. The van der Waals surface area contributed by atoms with Gasteiger partial charge in [0, 0.05) is 12.6 Å². The average Bonchev–Trinajstić information content (AvgIpc) is 2.97. The second-order valence-electron chi connectivity index (χ2n) is 5.85. The van der Waals surface area contributed by atoms with E-state index in [1.165, 1.54) is 29.5 Å². The molecule has 1 heterocycles. The van der Waals surface area contributed by atoms with Crippen molar-refractivity contribution in [2.75, 3.05) is 6.54 Å². The molecule has 0 saturated carbocycles. The summed E-state index contributed by atoms with van der Waals surface area (Å²) >= 11 is 0. The molecule has 3 rings (SSSR count). The van der Waals surface area contributed by atoms with E-state index in [4.69, 9.17) is 5.26 Å². The fourth-order valence-electron chi connectivity index (χ4n) is 3.10. The normalized spacial score (nSPS) is 18.6. The van der Waals surface area contributed by atoms with E-state index in [1.54, 1.807) is 0 Å². The lowest BCUT2D eigenvalue weighted by atomic mass is 10.0. The molecule has 0 amide bonds. The van der Waals surface area contributed by atoms with Crippen molar-refractivity contribution in [3.63, 3.8) is 0 Å². The molecular formula is C19H20N2. The maximum atomic E-state index is 8.87. The summed E-state index contributed by atoms with van der Waals surface area (Å²) in [5.74, 6) is 0. The zero-order valence-electron chi connectivity index (χ0n) is 12.4. The molecule has 0 aliphatic carbocycles. The quantitative estimate of drug-likeness (QED) is 0.840. The molecule has 1 aliphatic heterocycles. The molecule has 2 aromatic rings. The number of nitrogens with zero attached hydrogens (tertiary/aromatic N) is 2. The average molecular weight is 276 g/mol. The van der Waals surface area contributed by atoms with Crippen molar-refractivity contribution in [3.8, 4) is 6.07 Å². The molecule has 0 bridgehead atoms. The minimum Gasteiger partial charge on any atom is -0.292 e. The van der Waals surface area contributed by atoms with Crippen LogP contribution in [0.4, 0.5) is 0 Å². The highest BCUT2D eigenvalue weighted by atomic mass is 15.2. The van der Waals surface area contributed by atoms with Gasteiger partial charge in [0.2, 0.25) is 0 Å². The summed E-state index contributed by atoms with van der Waals surface area (Å²) in [7, 11) is 0. The summed E-state index contributed by atoms with van der Waals surface area (Å²) in [5, 5.41) is 8.87. The number of benzene rings is 2. The first-order chi connectivity index (χ1) is 10.3. The lowest BCUT2D eigenvalue weighted by Gasteiger charge is -2.25. The number of rotatable bonds is 3. The molecule has 1 unspecified atom stereocenters. The smallest absolute Gasteiger partial charge is 0.0991 e. The third-order valence-electron chi connectivity index (χ3n) is 4.29. The van der Waals surface area contributed by atoms with E-state index >= 15 is 0 Å². The highest BCUT2D eigenvalue weighted by Crippen LogP contribution is 2.33. The zero-order chi connectivity index (χ0) is 14.7. The van der Waals surface area contributed by atoms with Crippen LogP contribution in [0.5, 0.6) is 0 Å². The Hall–Kier alpha value is -2.11. The van der Waals surface area contributed by atoms with Crippen LogP contribution in [0.15, 0.2) is 48.5 Å². The minimum atomic E-state index is 0.529. The molecule has 0 radical (unpaired) electrons. The van der Waals surface area contributed by atoms with Gasteiger partial charge >= 0.3 is 0 Å². The Morgan fingerprint density at radius 1 is 1.10 bits per heavy atom. The molecule has 106 valence electrons. The van der Waals surface area contributed by atoms with Crippen molar-refractivity contribution < 1.29 is 0 Å². The summed E-state index contributed by atoms with van der Waals surface area (Å²) in [6.07, 6.45) is 2.49. The summed E-state index contributed by atoms with van der Waals surface area (Å²) in [4.78, 5) is 2.55. The number of hydrogen-bond acceptors (Lipinski definition) is 2. The van der Waals surface area contributed by atoms with Gasteiger partial charge in [-0.1, -0.05) is 42.0 Å². The molecule has 1 fully saturated rings. The zero-order valence-corrected chi connectivity index (χ0v) is 12.4. The maximum absolute atomic E-state index is 8.87. The van der Waals surface area contributed by atoms with Gasteiger partial charge in [-0.3, -0.25) is 4.90 Å². The van der Waals surface area contributed by atoms with E-state index in [0.717, 1.165) is 18.7 Å². The largest absolute Gasteiger partial charge is 0.292 e. The van der Waals surface area contributed by atoms with Crippen LogP contribution in [0.25, 0.3) is 0 Å². The number of aryl methyl sites for hydroxylation is 1. The van der Waals surface area contributed by atoms with Gasteiger partial charge in [-0.05, 0) is 49.6 Å². The first-order valence-corrected chi connectivity index (χ1v) is 7.56. The van der Waals surface area contributed by atoms with Crippen molar-refractivity contribution in [2.24, 2.45) is 0 Å². The Bertz CT molecular complexity index is 635. The van der Waals surface area contributed by atoms with Crippen molar-refractivity contribution in [2.45, 2.75) is 32.4 Å². The van der Waals surface area contributed by atoms with Crippen LogP contribution in [0, 0.1) is 18.3 Å². The lowest BCUT2D eigenvalue weighted by molar-refractivity contribution is 0.248. The van der Waals surface area contributed by atoms with Crippen molar-refractivity contribution in [1.29, 1.82) is 5.26 Å². The van der Waals surface area contributed by atoms with E-state index in [2.05, 4.69) is 54.3 Å². The van der Waals surface area contributed by atoms with Gasteiger partial charge in [0.1, 0.15) is 0 Å². The fourth-order valence-corrected chi connectivity index (χ4v) is 3.10. The molecule has 1 saturated heterocycles. The van der Waals surface area contributed by atoms with Gasteiger partial charge in [0.25, 0.3) is 0 Å². The fraction of sp³-hybridized carbons (Fsp3) is 0.316. The monoisotopic (exact) mass is 276 g/mol. The van der Waals surface area contributed by atoms with Crippen molar-refractivity contribution in [3.05, 3.63) is 70.8 Å². The molecule has 1 aliphatic rings. The van der Waals surface area contributed by atoms with Crippen LogP contribution in [0.1, 0.15) is 41.1 Å². The molecule has 2 heteroatoms. The first-order valence-electron chi connectivity index (χ1n) is 7.56. The highest BCUT2D eigenvalue weighted by molar-refractivity contribution is 5.32. The third kappa shape index (κ3) is 3.15.